The molecular formula is C12H17N3O5S. The van der Waals surface area contributed by atoms with Crippen molar-refractivity contribution in [2.45, 2.75) is 23.8 Å². The second kappa shape index (κ2) is 7.16. The molecule has 0 bridgehead atoms. The first-order chi connectivity index (χ1) is 9.76. The molecule has 8 nitrogen and oxygen atoms in total. The zero-order chi connectivity index (χ0) is 16.0. The first kappa shape index (κ1) is 17.1. The normalized spacial score (nSPS) is 12.7. The Labute approximate surface area is 122 Å². The number of rotatable bonds is 7. The quantitative estimate of drug-likeness (QED) is 0.546. The second-order valence-electron chi connectivity index (χ2n) is 4.26. The largest absolute Gasteiger partial charge is 0.481 e. The fourth-order valence-corrected chi connectivity index (χ4v) is 2.28. The number of benzene rings is 1. The minimum Gasteiger partial charge on any atom is -0.481 e. The molecular weight excluding hydrogens is 298 g/mol. The van der Waals surface area contributed by atoms with Gasteiger partial charge in [0.1, 0.15) is 0 Å². The number of carbonyl (C=O) groups is 2. The number of nitrogens with one attached hydrogen (secondary N) is 2. The highest BCUT2D eigenvalue weighted by Crippen LogP contribution is 2.15. The second-order valence-corrected chi connectivity index (χ2v) is 6.15. The van der Waals surface area contributed by atoms with E-state index in [0.29, 0.717) is 0 Å². The summed E-state index contributed by atoms with van der Waals surface area (Å²) in [6.07, 6.45) is -0.224. The van der Waals surface area contributed by atoms with E-state index in [4.69, 9.17) is 10.8 Å². The molecule has 0 radical (unpaired) electrons. The van der Waals surface area contributed by atoms with Crippen LogP contribution in [0.5, 0.6) is 0 Å². The number of carboxylic acid groups (broad SMARTS) is 1. The lowest BCUT2D eigenvalue weighted by atomic mass is 10.1. The minimum atomic E-state index is -3.61. The van der Waals surface area contributed by atoms with Crippen molar-refractivity contribution in [3.63, 3.8) is 0 Å². The molecule has 0 spiro atoms. The molecule has 0 saturated carbocycles. The summed E-state index contributed by atoms with van der Waals surface area (Å²) >= 11 is 0. The Morgan fingerprint density at radius 2 is 2.05 bits per heavy atom. The van der Waals surface area contributed by atoms with Crippen molar-refractivity contribution in [2.24, 2.45) is 5.73 Å². The van der Waals surface area contributed by atoms with Crippen LogP contribution in [0.4, 0.5) is 5.69 Å². The maximum atomic E-state index is 11.8. The van der Waals surface area contributed by atoms with E-state index in [0.717, 1.165) is 0 Å². The predicted molar refractivity (Wildman–Crippen MR) is 76.2 cm³/mol. The van der Waals surface area contributed by atoms with Gasteiger partial charge in [0.25, 0.3) is 0 Å². The summed E-state index contributed by atoms with van der Waals surface area (Å²) in [4.78, 5) is 22.2. The van der Waals surface area contributed by atoms with Crippen LogP contribution >= 0.6 is 0 Å². The number of hydrogen-bond acceptors (Lipinski definition) is 5. The fraction of sp³-hybridized carbons (Fsp3) is 0.333. The third-order valence-electron chi connectivity index (χ3n) is 2.69. The van der Waals surface area contributed by atoms with Gasteiger partial charge < -0.3 is 16.2 Å². The predicted octanol–water partition coefficient (Wildman–Crippen LogP) is -0.275. The number of nitrogens with two attached hydrogens (primary N) is 1. The SMILES string of the molecule is CNS(=O)(=O)c1cccc(NC(=O)C(N)CCC(=O)O)c1. The van der Waals surface area contributed by atoms with Crippen LogP contribution in [0.1, 0.15) is 12.8 Å². The van der Waals surface area contributed by atoms with Gasteiger partial charge in [0.05, 0.1) is 10.9 Å². The molecule has 1 aromatic rings. The van der Waals surface area contributed by atoms with Crippen LogP contribution in [0.15, 0.2) is 29.2 Å². The molecule has 0 aliphatic carbocycles. The minimum absolute atomic E-state index is 0.00177. The lowest BCUT2D eigenvalue weighted by Crippen LogP contribution is -2.36. The van der Waals surface area contributed by atoms with E-state index in [1.165, 1.54) is 31.3 Å². The van der Waals surface area contributed by atoms with Crippen LogP contribution < -0.4 is 15.8 Å². The summed E-state index contributed by atoms with van der Waals surface area (Å²) in [5.41, 5.74) is 5.82. The lowest BCUT2D eigenvalue weighted by molar-refractivity contribution is -0.137. The lowest BCUT2D eigenvalue weighted by Gasteiger charge is -2.12. The maximum absolute atomic E-state index is 11.8. The van der Waals surface area contributed by atoms with Gasteiger partial charge in [-0.05, 0) is 31.7 Å². The van der Waals surface area contributed by atoms with Crippen LogP contribution in [-0.2, 0) is 19.6 Å². The van der Waals surface area contributed by atoms with E-state index >= 15 is 0 Å². The molecule has 21 heavy (non-hydrogen) atoms. The molecule has 0 fully saturated rings. The Morgan fingerprint density at radius 1 is 1.38 bits per heavy atom. The van der Waals surface area contributed by atoms with Crippen molar-refractivity contribution in [2.75, 3.05) is 12.4 Å². The molecule has 0 aliphatic rings. The molecule has 1 unspecified atom stereocenters. The van der Waals surface area contributed by atoms with Gasteiger partial charge in [0, 0.05) is 12.1 Å². The number of carbonyl (C=O) groups excluding carboxylic acids is 1. The van der Waals surface area contributed by atoms with Gasteiger partial charge in [-0.1, -0.05) is 6.07 Å². The van der Waals surface area contributed by atoms with Crippen molar-refractivity contribution in [1.29, 1.82) is 0 Å². The first-order valence-corrected chi connectivity index (χ1v) is 7.56. The van der Waals surface area contributed by atoms with Crippen LogP contribution in [0.2, 0.25) is 0 Å². The average Bonchev–Trinajstić information content (AvgIpc) is 2.44. The van der Waals surface area contributed by atoms with E-state index in [9.17, 15) is 18.0 Å². The third kappa shape index (κ3) is 5.14. The molecule has 1 aromatic carbocycles. The van der Waals surface area contributed by atoms with Gasteiger partial charge >= 0.3 is 5.97 Å². The van der Waals surface area contributed by atoms with E-state index in [2.05, 4.69) is 10.0 Å². The molecule has 116 valence electrons. The standard InChI is InChI=1S/C12H17N3O5S/c1-14-21(19,20)9-4-2-3-8(7-9)15-12(18)10(13)5-6-11(16)17/h2-4,7,10,14H,5-6,13H2,1H3,(H,15,18)(H,16,17). The topological polar surface area (TPSA) is 139 Å². The molecule has 1 amide bonds. The zero-order valence-electron chi connectivity index (χ0n) is 11.4. The van der Waals surface area contributed by atoms with Gasteiger partial charge in [-0.25, -0.2) is 13.1 Å². The average molecular weight is 315 g/mol. The molecule has 9 heteroatoms. The van der Waals surface area contributed by atoms with Gasteiger partial charge in [-0.15, -0.1) is 0 Å². The summed E-state index contributed by atoms with van der Waals surface area (Å²) < 4.78 is 25.4. The summed E-state index contributed by atoms with van der Waals surface area (Å²) in [6.45, 7) is 0. The van der Waals surface area contributed by atoms with Crippen molar-refractivity contribution >= 4 is 27.6 Å². The third-order valence-corrected chi connectivity index (χ3v) is 4.10. The molecule has 0 heterocycles. The van der Waals surface area contributed by atoms with Crippen LogP contribution in [0.25, 0.3) is 0 Å². The van der Waals surface area contributed by atoms with Crippen LogP contribution in [-0.4, -0.2) is 38.5 Å². The molecule has 0 saturated heterocycles. The molecule has 0 aromatic heterocycles. The van der Waals surface area contributed by atoms with Crippen molar-refractivity contribution in [3.8, 4) is 0 Å². The number of aliphatic carboxylic acids is 1. The van der Waals surface area contributed by atoms with Crippen LogP contribution in [0, 0.1) is 0 Å². The summed E-state index contributed by atoms with van der Waals surface area (Å²) in [5, 5.41) is 11.0. The van der Waals surface area contributed by atoms with Gasteiger partial charge in [0.15, 0.2) is 0 Å². The molecule has 5 N–H and O–H groups in total. The Morgan fingerprint density at radius 3 is 2.62 bits per heavy atom. The maximum Gasteiger partial charge on any atom is 0.303 e. The van der Waals surface area contributed by atoms with Crippen LogP contribution in [0.3, 0.4) is 0 Å². The van der Waals surface area contributed by atoms with Gasteiger partial charge in [0.2, 0.25) is 15.9 Å². The Bertz CT molecular complexity index is 630. The van der Waals surface area contributed by atoms with E-state index in [-0.39, 0.29) is 23.4 Å². The Kier molecular flexibility index (Phi) is 5.82. The highest BCUT2D eigenvalue weighted by atomic mass is 32.2. The Balaban J connectivity index is 2.77. The van der Waals surface area contributed by atoms with Gasteiger partial charge in [-0.2, -0.15) is 0 Å². The summed E-state index contributed by atoms with van der Waals surface area (Å²) in [7, 11) is -2.33. The smallest absolute Gasteiger partial charge is 0.303 e. The van der Waals surface area contributed by atoms with Gasteiger partial charge in [-0.3, -0.25) is 9.59 Å². The number of carboxylic acids is 1. The molecule has 0 aliphatic heterocycles. The number of amides is 1. The molecule has 1 atom stereocenters. The van der Waals surface area contributed by atoms with Crippen molar-refractivity contribution in [3.05, 3.63) is 24.3 Å². The number of hydrogen-bond donors (Lipinski definition) is 4. The zero-order valence-corrected chi connectivity index (χ0v) is 12.2. The van der Waals surface area contributed by atoms with E-state index < -0.39 is 27.9 Å². The number of anilines is 1. The highest BCUT2D eigenvalue weighted by Gasteiger charge is 2.16. The van der Waals surface area contributed by atoms with Crippen molar-refractivity contribution in [1.82, 2.24) is 4.72 Å². The summed E-state index contributed by atoms with van der Waals surface area (Å²) in [6, 6.07) is 4.67. The van der Waals surface area contributed by atoms with E-state index in [1.807, 2.05) is 0 Å². The Hall–Kier alpha value is -1.97. The van der Waals surface area contributed by atoms with E-state index in [1.54, 1.807) is 0 Å². The fourth-order valence-electron chi connectivity index (χ4n) is 1.50. The number of sulfonamides is 1. The highest BCUT2D eigenvalue weighted by molar-refractivity contribution is 7.89. The first-order valence-electron chi connectivity index (χ1n) is 6.08. The molecule has 1 rings (SSSR count). The summed E-state index contributed by atoms with van der Waals surface area (Å²) in [5.74, 6) is -1.62. The van der Waals surface area contributed by atoms with Crippen molar-refractivity contribution < 1.29 is 23.1 Å². The monoisotopic (exact) mass is 315 g/mol.